The summed E-state index contributed by atoms with van der Waals surface area (Å²) in [5, 5.41) is 6.26. The lowest BCUT2D eigenvalue weighted by atomic mass is 10.2. The third-order valence-electron chi connectivity index (χ3n) is 4.09. The van der Waals surface area contributed by atoms with Gasteiger partial charge in [-0.15, -0.1) is 24.8 Å². The van der Waals surface area contributed by atoms with E-state index in [-0.39, 0.29) is 36.8 Å². The number of nitrogens with zero attached hydrogens (tertiary/aromatic N) is 2. The van der Waals surface area contributed by atoms with Crippen molar-refractivity contribution < 1.29 is 9.53 Å². The van der Waals surface area contributed by atoms with Crippen molar-refractivity contribution in [1.29, 1.82) is 0 Å². The van der Waals surface area contributed by atoms with E-state index in [4.69, 9.17) is 4.74 Å². The van der Waals surface area contributed by atoms with Gasteiger partial charge in [-0.2, -0.15) is 0 Å². The van der Waals surface area contributed by atoms with E-state index in [1.54, 1.807) is 0 Å². The van der Waals surface area contributed by atoms with Crippen molar-refractivity contribution in [2.45, 2.75) is 44.7 Å². The van der Waals surface area contributed by atoms with Crippen molar-refractivity contribution in [1.82, 2.24) is 20.2 Å². The number of imidazole rings is 1. The highest BCUT2D eigenvalue weighted by Gasteiger charge is 2.17. The van der Waals surface area contributed by atoms with E-state index in [0.717, 1.165) is 38.2 Å². The zero-order chi connectivity index (χ0) is 14.5. The van der Waals surface area contributed by atoms with Crippen LogP contribution < -0.4 is 10.6 Å². The molecule has 0 spiro atoms. The maximum Gasteiger partial charge on any atom is 0.221 e. The number of fused-ring (bicyclic) bond motifs is 1. The number of ether oxygens (including phenoxy) is 1. The second kappa shape index (κ2) is 10.1. The zero-order valence-corrected chi connectivity index (χ0v) is 14.9. The molecule has 1 saturated heterocycles. The Bertz CT molecular complexity index is 466. The molecular formula is C15H26Cl2N4O2. The standard InChI is InChI=1S/C15H24N4O2.2ClH/c20-15(9-13-11-21-8-6-16-13)17-5-4-12-10-19-7-2-1-3-14(19)18-12;;/h10,13,16H,1-9,11H2,(H,17,20);2*1H. The predicted octanol–water partition coefficient (Wildman–Crippen LogP) is 1.10. The highest BCUT2D eigenvalue weighted by atomic mass is 35.5. The van der Waals surface area contributed by atoms with E-state index in [1.807, 2.05) is 0 Å². The van der Waals surface area contributed by atoms with E-state index in [9.17, 15) is 4.79 Å². The number of amides is 1. The molecule has 1 aromatic rings. The third kappa shape index (κ3) is 5.95. The molecule has 132 valence electrons. The van der Waals surface area contributed by atoms with Gasteiger partial charge in [-0.25, -0.2) is 4.98 Å². The lowest BCUT2D eigenvalue weighted by Crippen LogP contribution is -2.44. The summed E-state index contributed by atoms with van der Waals surface area (Å²) >= 11 is 0. The van der Waals surface area contributed by atoms with Crippen LogP contribution in [0.5, 0.6) is 0 Å². The molecule has 1 atom stereocenters. The van der Waals surface area contributed by atoms with Gasteiger partial charge in [0.05, 0.1) is 18.9 Å². The first-order chi connectivity index (χ1) is 10.3. The maximum atomic E-state index is 11.9. The van der Waals surface area contributed by atoms with Crippen LogP contribution >= 0.6 is 24.8 Å². The number of aromatic nitrogens is 2. The number of aryl methyl sites for hydroxylation is 2. The number of rotatable bonds is 5. The molecule has 2 aliphatic rings. The van der Waals surface area contributed by atoms with E-state index in [0.29, 0.717) is 19.6 Å². The minimum absolute atomic E-state index is 0. The van der Waals surface area contributed by atoms with Gasteiger partial charge in [0.2, 0.25) is 5.91 Å². The molecule has 0 aliphatic carbocycles. The highest BCUT2D eigenvalue weighted by Crippen LogP contribution is 2.14. The number of morpholine rings is 1. The van der Waals surface area contributed by atoms with Gasteiger partial charge in [-0.05, 0) is 12.8 Å². The van der Waals surface area contributed by atoms with E-state index in [1.165, 1.54) is 18.7 Å². The molecule has 3 heterocycles. The number of hydrogen-bond donors (Lipinski definition) is 2. The SMILES string of the molecule is Cl.Cl.O=C(CC1COCCN1)NCCc1cn2c(n1)CCCC2. The molecule has 1 fully saturated rings. The summed E-state index contributed by atoms with van der Waals surface area (Å²) in [6, 6.07) is 0.152. The van der Waals surface area contributed by atoms with Gasteiger partial charge in [0.15, 0.2) is 0 Å². The minimum atomic E-state index is 0. The molecule has 6 nitrogen and oxygen atoms in total. The van der Waals surface area contributed by atoms with Crippen molar-refractivity contribution in [2.24, 2.45) is 0 Å². The molecule has 8 heteroatoms. The van der Waals surface area contributed by atoms with Crippen LogP contribution in [0.15, 0.2) is 6.20 Å². The summed E-state index contributed by atoms with van der Waals surface area (Å²) in [4.78, 5) is 16.5. The Kier molecular flexibility index (Phi) is 8.91. The molecule has 0 radical (unpaired) electrons. The zero-order valence-electron chi connectivity index (χ0n) is 13.3. The van der Waals surface area contributed by atoms with Gasteiger partial charge in [0, 0.05) is 51.1 Å². The second-order valence-electron chi connectivity index (χ2n) is 5.83. The van der Waals surface area contributed by atoms with Crippen LogP contribution in [0, 0.1) is 0 Å². The molecule has 1 unspecified atom stereocenters. The number of nitrogens with one attached hydrogen (secondary N) is 2. The van der Waals surface area contributed by atoms with Gasteiger partial charge >= 0.3 is 0 Å². The van der Waals surface area contributed by atoms with E-state index < -0.39 is 0 Å². The topological polar surface area (TPSA) is 68.2 Å². The van der Waals surface area contributed by atoms with E-state index in [2.05, 4.69) is 26.4 Å². The number of halogens is 2. The monoisotopic (exact) mass is 364 g/mol. The van der Waals surface area contributed by atoms with E-state index >= 15 is 0 Å². The lowest BCUT2D eigenvalue weighted by molar-refractivity contribution is -0.122. The smallest absolute Gasteiger partial charge is 0.221 e. The first-order valence-electron chi connectivity index (χ1n) is 7.94. The Morgan fingerprint density at radius 3 is 3.04 bits per heavy atom. The van der Waals surface area contributed by atoms with Gasteiger partial charge in [0.25, 0.3) is 0 Å². The quantitative estimate of drug-likeness (QED) is 0.820. The van der Waals surface area contributed by atoms with Crippen molar-refractivity contribution in [3.8, 4) is 0 Å². The van der Waals surface area contributed by atoms with Crippen LogP contribution in [0.25, 0.3) is 0 Å². The summed E-state index contributed by atoms with van der Waals surface area (Å²) in [6.45, 7) is 3.94. The largest absolute Gasteiger partial charge is 0.378 e. The molecule has 23 heavy (non-hydrogen) atoms. The molecule has 0 aromatic carbocycles. The average Bonchev–Trinajstić information content (AvgIpc) is 2.91. The Balaban J connectivity index is 0.00000132. The van der Waals surface area contributed by atoms with Gasteiger partial charge in [-0.1, -0.05) is 0 Å². The van der Waals surface area contributed by atoms with Crippen molar-refractivity contribution in [2.75, 3.05) is 26.3 Å². The fraction of sp³-hybridized carbons (Fsp3) is 0.733. The van der Waals surface area contributed by atoms with Crippen LogP contribution in [0.4, 0.5) is 0 Å². The molecule has 1 aromatic heterocycles. The molecule has 0 saturated carbocycles. The second-order valence-corrected chi connectivity index (χ2v) is 5.83. The summed E-state index contributed by atoms with van der Waals surface area (Å²) in [5.41, 5.74) is 1.09. The molecule has 1 amide bonds. The Hall–Kier alpha value is -0.820. The molecular weight excluding hydrogens is 339 g/mol. The van der Waals surface area contributed by atoms with Crippen molar-refractivity contribution in [3.63, 3.8) is 0 Å². The highest BCUT2D eigenvalue weighted by molar-refractivity contribution is 5.85. The van der Waals surface area contributed by atoms with Crippen LogP contribution in [0.1, 0.15) is 30.8 Å². The lowest BCUT2D eigenvalue weighted by Gasteiger charge is -2.23. The predicted molar refractivity (Wildman–Crippen MR) is 93.6 cm³/mol. The fourth-order valence-corrected chi connectivity index (χ4v) is 2.97. The maximum absolute atomic E-state index is 11.9. The fourth-order valence-electron chi connectivity index (χ4n) is 2.97. The first kappa shape index (κ1) is 20.2. The third-order valence-corrected chi connectivity index (χ3v) is 4.09. The average molecular weight is 365 g/mol. The van der Waals surface area contributed by atoms with Crippen LogP contribution in [0.3, 0.4) is 0 Å². The summed E-state index contributed by atoms with van der Waals surface area (Å²) in [6.07, 6.45) is 7.00. The molecule has 0 bridgehead atoms. The minimum Gasteiger partial charge on any atom is -0.378 e. The molecule has 3 rings (SSSR count). The normalized spacial score (nSPS) is 19.9. The number of carbonyl (C=O) groups is 1. The van der Waals surface area contributed by atoms with Crippen LogP contribution in [-0.2, 0) is 28.9 Å². The number of carbonyl (C=O) groups excluding carboxylic acids is 1. The summed E-state index contributed by atoms with van der Waals surface area (Å²) < 4.78 is 7.60. The van der Waals surface area contributed by atoms with Crippen LogP contribution in [-0.4, -0.2) is 47.8 Å². The molecule has 2 N–H and O–H groups in total. The van der Waals surface area contributed by atoms with Crippen molar-refractivity contribution >= 4 is 30.7 Å². The first-order valence-corrected chi connectivity index (χ1v) is 7.94. The number of hydrogen-bond acceptors (Lipinski definition) is 4. The Morgan fingerprint density at radius 2 is 2.30 bits per heavy atom. The van der Waals surface area contributed by atoms with Gasteiger partial charge < -0.3 is 19.9 Å². The Morgan fingerprint density at radius 1 is 1.43 bits per heavy atom. The van der Waals surface area contributed by atoms with Gasteiger partial charge in [-0.3, -0.25) is 4.79 Å². The summed E-state index contributed by atoms with van der Waals surface area (Å²) in [5.74, 6) is 1.29. The summed E-state index contributed by atoms with van der Waals surface area (Å²) in [7, 11) is 0. The van der Waals surface area contributed by atoms with Gasteiger partial charge in [0.1, 0.15) is 5.82 Å². The van der Waals surface area contributed by atoms with Crippen LogP contribution in [0.2, 0.25) is 0 Å². The Labute approximate surface area is 149 Å². The van der Waals surface area contributed by atoms with Crippen molar-refractivity contribution in [3.05, 3.63) is 17.7 Å². The molecule has 2 aliphatic heterocycles.